The second-order valence-corrected chi connectivity index (χ2v) is 13.1. The summed E-state index contributed by atoms with van der Waals surface area (Å²) in [5.74, 6) is 7.11. The van der Waals surface area contributed by atoms with Crippen LogP contribution < -0.4 is 0 Å². The van der Waals surface area contributed by atoms with E-state index in [1.807, 2.05) is 0 Å². The maximum atomic E-state index is 10.2. The Bertz CT molecular complexity index is 618. The third kappa shape index (κ3) is 6.01. The average Bonchev–Trinajstić information content (AvgIpc) is 2.86. The zero-order valence-electron chi connectivity index (χ0n) is 22.3. The molecule has 188 valence electrons. The minimum atomic E-state index is 0.0344. The fraction of sp³-hybridized carbons (Fsp3) is 0.969. The Morgan fingerprint density at radius 3 is 2.12 bits per heavy atom. The lowest BCUT2D eigenvalue weighted by Gasteiger charge is -2.57. The van der Waals surface area contributed by atoms with E-state index in [2.05, 4.69) is 19.9 Å². The Morgan fingerprint density at radius 1 is 0.667 bits per heavy atom. The van der Waals surface area contributed by atoms with Crippen molar-refractivity contribution in [2.75, 3.05) is 0 Å². The Labute approximate surface area is 206 Å². The molecule has 0 aliphatic heterocycles. The predicted molar refractivity (Wildman–Crippen MR) is 141 cm³/mol. The molecule has 0 radical (unpaired) electrons. The van der Waals surface area contributed by atoms with Crippen LogP contribution in [0.25, 0.3) is 0 Å². The fourth-order valence-corrected chi connectivity index (χ4v) is 9.61. The first-order chi connectivity index (χ1) is 16.2. The summed E-state index contributed by atoms with van der Waals surface area (Å²) >= 11 is 0. The molecule has 0 spiro atoms. The van der Waals surface area contributed by atoms with Crippen molar-refractivity contribution < 1.29 is 0 Å². The average molecular weight is 454 g/mol. The van der Waals surface area contributed by atoms with Gasteiger partial charge in [0.1, 0.15) is 0 Å². The Morgan fingerprint density at radius 2 is 1.33 bits per heavy atom. The molecule has 0 saturated heterocycles. The number of unbranched alkanes of at least 4 members (excludes halogenated alkanes) is 7. The molecule has 4 aliphatic carbocycles. The summed E-state index contributed by atoms with van der Waals surface area (Å²) in [6.07, 6.45) is 29.8. The van der Waals surface area contributed by atoms with Gasteiger partial charge >= 0.3 is 0 Å². The molecule has 4 fully saturated rings. The standard InChI is InChI=1S/C32H55N/c1-3-5-7-9-10-13-25-14-12-15-29-27(25)18-19-30-28-20-22-32(24-33,21-11-8-6-4-2)23-26(28)16-17-31(29)30/h25-31H,3-23H2,1-2H3/t25-,26?,27?,28?,29?,30?,31?,32-/m0/s1. The molecular formula is C32H55N. The van der Waals surface area contributed by atoms with Crippen molar-refractivity contribution in [3.63, 3.8) is 0 Å². The molecule has 0 N–H and O–H groups in total. The van der Waals surface area contributed by atoms with Crippen LogP contribution in [0.15, 0.2) is 0 Å². The molecule has 4 rings (SSSR count). The van der Waals surface area contributed by atoms with Gasteiger partial charge in [-0.05, 0) is 99.2 Å². The second-order valence-electron chi connectivity index (χ2n) is 13.1. The summed E-state index contributed by atoms with van der Waals surface area (Å²) < 4.78 is 0. The molecule has 4 saturated carbocycles. The first-order valence-electron chi connectivity index (χ1n) is 15.6. The highest BCUT2D eigenvalue weighted by Crippen LogP contribution is 2.60. The first-order valence-corrected chi connectivity index (χ1v) is 15.6. The maximum absolute atomic E-state index is 10.2. The molecule has 0 aromatic heterocycles. The van der Waals surface area contributed by atoms with Crippen LogP contribution in [-0.2, 0) is 0 Å². The van der Waals surface area contributed by atoms with Gasteiger partial charge in [-0.2, -0.15) is 5.26 Å². The summed E-state index contributed by atoms with van der Waals surface area (Å²) in [5.41, 5.74) is 0.0344. The van der Waals surface area contributed by atoms with Crippen LogP contribution in [0.5, 0.6) is 0 Å². The summed E-state index contributed by atoms with van der Waals surface area (Å²) in [7, 11) is 0. The second kappa shape index (κ2) is 12.5. The van der Waals surface area contributed by atoms with Crippen molar-refractivity contribution in [1.29, 1.82) is 5.26 Å². The topological polar surface area (TPSA) is 23.8 Å². The van der Waals surface area contributed by atoms with E-state index in [9.17, 15) is 5.26 Å². The molecule has 1 heteroatoms. The van der Waals surface area contributed by atoms with E-state index in [1.165, 1.54) is 116 Å². The van der Waals surface area contributed by atoms with Crippen molar-refractivity contribution in [3.8, 4) is 6.07 Å². The normalized spacial score (nSPS) is 40.3. The molecule has 0 amide bonds. The van der Waals surface area contributed by atoms with Gasteiger partial charge in [-0.3, -0.25) is 0 Å². The third-order valence-electron chi connectivity index (χ3n) is 11.3. The van der Waals surface area contributed by atoms with E-state index in [0.717, 1.165) is 41.4 Å². The number of nitrogens with zero attached hydrogens (tertiary/aromatic N) is 1. The van der Waals surface area contributed by atoms with Crippen molar-refractivity contribution >= 4 is 0 Å². The highest BCUT2D eigenvalue weighted by molar-refractivity contribution is 5.07. The van der Waals surface area contributed by atoms with E-state index >= 15 is 0 Å². The smallest absolute Gasteiger partial charge is 0.0689 e. The highest BCUT2D eigenvalue weighted by Gasteiger charge is 2.52. The van der Waals surface area contributed by atoms with E-state index in [-0.39, 0.29) is 5.41 Å². The van der Waals surface area contributed by atoms with E-state index < -0.39 is 0 Å². The van der Waals surface area contributed by atoms with Gasteiger partial charge in [0.05, 0.1) is 11.5 Å². The highest BCUT2D eigenvalue weighted by atomic mass is 14.6. The van der Waals surface area contributed by atoms with Crippen molar-refractivity contribution in [2.45, 2.75) is 149 Å². The lowest BCUT2D eigenvalue weighted by Crippen LogP contribution is -2.49. The molecule has 0 aromatic carbocycles. The summed E-state index contributed by atoms with van der Waals surface area (Å²) in [6.45, 7) is 4.62. The van der Waals surface area contributed by atoms with Gasteiger partial charge in [0, 0.05) is 0 Å². The van der Waals surface area contributed by atoms with E-state index in [0.29, 0.717) is 0 Å². The van der Waals surface area contributed by atoms with Gasteiger partial charge in [-0.15, -0.1) is 0 Å². The molecule has 0 bridgehead atoms. The van der Waals surface area contributed by atoms with Gasteiger partial charge in [0.2, 0.25) is 0 Å². The molecule has 33 heavy (non-hydrogen) atoms. The number of hydrogen-bond donors (Lipinski definition) is 0. The van der Waals surface area contributed by atoms with Crippen LogP contribution in [0.1, 0.15) is 149 Å². The monoisotopic (exact) mass is 453 g/mol. The molecule has 0 aromatic rings. The van der Waals surface area contributed by atoms with Crippen molar-refractivity contribution in [1.82, 2.24) is 0 Å². The van der Waals surface area contributed by atoms with Crippen LogP contribution in [0.4, 0.5) is 0 Å². The van der Waals surface area contributed by atoms with Crippen LogP contribution in [0, 0.1) is 58.2 Å². The Kier molecular flexibility index (Phi) is 9.65. The summed E-state index contributed by atoms with van der Waals surface area (Å²) in [6, 6.07) is 2.88. The quantitative estimate of drug-likeness (QED) is 0.285. The van der Waals surface area contributed by atoms with E-state index in [1.54, 1.807) is 19.3 Å². The summed E-state index contributed by atoms with van der Waals surface area (Å²) in [5, 5.41) is 10.2. The van der Waals surface area contributed by atoms with Gasteiger partial charge in [-0.1, -0.05) is 90.9 Å². The Balaban J connectivity index is 1.32. The SMILES string of the molecule is CCCCCCC[C@H]1CCCC2C3CCC4C[C@](C#N)(CCCCCC)CCC4C3CCC21. The number of fused-ring (bicyclic) bond motifs is 5. The van der Waals surface area contributed by atoms with E-state index in [4.69, 9.17) is 0 Å². The van der Waals surface area contributed by atoms with Crippen LogP contribution in [-0.4, -0.2) is 0 Å². The molecule has 6 unspecified atom stereocenters. The Hall–Kier alpha value is -0.510. The van der Waals surface area contributed by atoms with Gasteiger partial charge in [-0.25, -0.2) is 0 Å². The minimum Gasteiger partial charge on any atom is -0.198 e. The van der Waals surface area contributed by atoms with Crippen LogP contribution in [0.3, 0.4) is 0 Å². The zero-order chi connectivity index (χ0) is 23.1. The molecular weight excluding hydrogens is 398 g/mol. The summed E-state index contributed by atoms with van der Waals surface area (Å²) in [4.78, 5) is 0. The number of nitriles is 1. The van der Waals surface area contributed by atoms with Crippen LogP contribution >= 0.6 is 0 Å². The molecule has 0 heterocycles. The predicted octanol–water partition coefficient (Wildman–Crippen LogP) is 10.1. The van der Waals surface area contributed by atoms with Crippen LogP contribution in [0.2, 0.25) is 0 Å². The number of hydrogen-bond acceptors (Lipinski definition) is 1. The van der Waals surface area contributed by atoms with Gasteiger partial charge in [0.15, 0.2) is 0 Å². The molecule has 4 aliphatic rings. The van der Waals surface area contributed by atoms with Gasteiger partial charge < -0.3 is 0 Å². The largest absolute Gasteiger partial charge is 0.198 e. The fourth-order valence-electron chi connectivity index (χ4n) is 9.61. The zero-order valence-corrected chi connectivity index (χ0v) is 22.3. The first kappa shape index (κ1) is 25.6. The minimum absolute atomic E-state index is 0.0344. The maximum Gasteiger partial charge on any atom is 0.0689 e. The molecule has 1 nitrogen and oxygen atoms in total. The van der Waals surface area contributed by atoms with Crippen molar-refractivity contribution in [3.05, 3.63) is 0 Å². The third-order valence-corrected chi connectivity index (χ3v) is 11.3. The lowest BCUT2D eigenvalue weighted by molar-refractivity contribution is -0.0718. The lowest BCUT2D eigenvalue weighted by atomic mass is 9.48. The molecule has 8 atom stereocenters. The number of rotatable bonds is 11. The van der Waals surface area contributed by atoms with Crippen molar-refractivity contribution in [2.24, 2.45) is 46.8 Å². The van der Waals surface area contributed by atoms with Gasteiger partial charge in [0.25, 0.3) is 0 Å².